The van der Waals surface area contributed by atoms with Gasteiger partial charge in [-0.05, 0) is 55.3 Å². The number of carbonyl (C=O) groups is 1. The SMILES string of the molecule is Cc1c(Br)cccc1NC(=O)c1ccc(CCN)cc1. The van der Waals surface area contributed by atoms with Crippen molar-refractivity contribution in [2.45, 2.75) is 13.3 Å². The van der Waals surface area contributed by atoms with Crippen molar-refractivity contribution in [1.82, 2.24) is 0 Å². The quantitative estimate of drug-likeness (QED) is 0.900. The van der Waals surface area contributed by atoms with Crippen molar-refractivity contribution in [3.8, 4) is 0 Å². The van der Waals surface area contributed by atoms with Gasteiger partial charge < -0.3 is 11.1 Å². The first-order chi connectivity index (χ1) is 9.61. The second kappa shape index (κ2) is 6.68. The molecule has 3 nitrogen and oxygen atoms in total. The Morgan fingerprint density at radius 1 is 1.20 bits per heavy atom. The molecule has 0 aliphatic rings. The number of rotatable bonds is 4. The molecule has 3 N–H and O–H groups in total. The number of nitrogens with one attached hydrogen (secondary N) is 1. The van der Waals surface area contributed by atoms with E-state index in [-0.39, 0.29) is 5.91 Å². The van der Waals surface area contributed by atoms with Crippen LogP contribution >= 0.6 is 15.9 Å². The summed E-state index contributed by atoms with van der Waals surface area (Å²) < 4.78 is 0.980. The molecule has 20 heavy (non-hydrogen) atoms. The summed E-state index contributed by atoms with van der Waals surface area (Å²) in [4.78, 5) is 12.2. The van der Waals surface area contributed by atoms with Crippen LogP contribution in [0.15, 0.2) is 46.9 Å². The molecule has 0 heterocycles. The number of amides is 1. The highest BCUT2D eigenvalue weighted by atomic mass is 79.9. The van der Waals surface area contributed by atoms with Gasteiger partial charge in [-0.3, -0.25) is 4.79 Å². The predicted octanol–water partition coefficient (Wildman–Crippen LogP) is 3.51. The lowest BCUT2D eigenvalue weighted by Gasteiger charge is -2.10. The maximum absolute atomic E-state index is 12.2. The Morgan fingerprint density at radius 2 is 1.90 bits per heavy atom. The molecular formula is C16H17BrN2O. The molecule has 0 saturated carbocycles. The van der Waals surface area contributed by atoms with Crippen LogP contribution in [0.2, 0.25) is 0 Å². The molecule has 0 aliphatic heterocycles. The minimum atomic E-state index is -0.106. The molecule has 4 heteroatoms. The average Bonchev–Trinajstić information content (AvgIpc) is 2.45. The van der Waals surface area contributed by atoms with Gasteiger partial charge in [0.1, 0.15) is 0 Å². The summed E-state index contributed by atoms with van der Waals surface area (Å²) >= 11 is 3.46. The zero-order chi connectivity index (χ0) is 14.5. The van der Waals surface area contributed by atoms with Crippen molar-refractivity contribution in [2.24, 2.45) is 5.73 Å². The van der Waals surface area contributed by atoms with Gasteiger partial charge in [-0.2, -0.15) is 0 Å². The molecule has 0 saturated heterocycles. The lowest BCUT2D eigenvalue weighted by atomic mass is 10.1. The van der Waals surface area contributed by atoms with E-state index in [1.807, 2.05) is 49.4 Å². The number of hydrogen-bond acceptors (Lipinski definition) is 2. The minimum absolute atomic E-state index is 0.106. The number of anilines is 1. The third kappa shape index (κ3) is 3.46. The molecule has 2 rings (SSSR count). The van der Waals surface area contributed by atoms with Crippen molar-refractivity contribution in [1.29, 1.82) is 0 Å². The summed E-state index contributed by atoms with van der Waals surface area (Å²) in [5.74, 6) is -0.106. The van der Waals surface area contributed by atoms with Crippen LogP contribution in [0.4, 0.5) is 5.69 Å². The first kappa shape index (κ1) is 14.8. The lowest BCUT2D eigenvalue weighted by Crippen LogP contribution is -2.13. The van der Waals surface area contributed by atoms with Gasteiger partial charge in [-0.15, -0.1) is 0 Å². The van der Waals surface area contributed by atoms with Crippen molar-refractivity contribution in [2.75, 3.05) is 11.9 Å². The number of carbonyl (C=O) groups excluding carboxylic acids is 1. The smallest absolute Gasteiger partial charge is 0.255 e. The summed E-state index contributed by atoms with van der Waals surface area (Å²) in [6.07, 6.45) is 0.826. The predicted molar refractivity (Wildman–Crippen MR) is 86.0 cm³/mol. The normalized spacial score (nSPS) is 10.3. The highest BCUT2D eigenvalue weighted by Gasteiger charge is 2.08. The molecule has 0 unspecified atom stereocenters. The molecular weight excluding hydrogens is 316 g/mol. The fourth-order valence-corrected chi connectivity index (χ4v) is 2.29. The van der Waals surface area contributed by atoms with E-state index in [0.29, 0.717) is 12.1 Å². The highest BCUT2D eigenvalue weighted by Crippen LogP contribution is 2.23. The van der Waals surface area contributed by atoms with E-state index in [0.717, 1.165) is 27.7 Å². The number of benzene rings is 2. The Balaban J connectivity index is 2.13. The maximum Gasteiger partial charge on any atom is 0.255 e. The molecule has 0 spiro atoms. The standard InChI is InChI=1S/C16H17BrN2O/c1-11-14(17)3-2-4-15(11)19-16(20)13-7-5-12(6-8-13)9-10-18/h2-8H,9-10,18H2,1H3,(H,19,20). The molecule has 0 fully saturated rings. The fourth-order valence-electron chi connectivity index (χ4n) is 1.93. The number of nitrogens with two attached hydrogens (primary N) is 1. The average molecular weight is 333 g/mol. The van der Waals surface area contributed by atoms with Crippen LogP contribution < -0.4 is 11.1 Å². The summed E-state index contributed by atoms with van der Waals surface area (Å²) in [7, 11) is 0. The first-order valence-corrected chi connectivity index (χ1v) is 7.26. The maximum atomic E-state index is 12.2. The third-order valence-corrected chi connectivity index (χ3v) is 4.02. The Labute approximate surface area is 127 Å². The monoisotopic (exact) mass is 332 g/mol. The minimum Gasteiger partial charge on any atom is -0.330 e. The van der Waals surface area contributed by atoms with Gasteiger partial charge in [-0.1, -0.05) is 34.1 Å². The molecule has 2 aromatic rings. The second-order valence-electron chi connectivity index (χ2n) is 4.60. The Bertz CT molecular complexity index is 608. The van der Waals surface area contributed by atoms with Crippen LogP contribution in [0.5, 0.6) is 0 Å². The van der Waals surface area contributed by atoms with Crippen molar-refractivity contribution < 1.29 is 4.79 Å². The molecule has 0 bridgehead atoms. The van der Waals surface area contributed by atoms with Crippen molar-refractivity contribution >= 4 is 27.5 Å². The van der Waals surface area contributed by atoms with Gasteiger partial charge in [0, 0.05) is 15.7 Å². The Kier molecular flexibility index (Phi) is 4.93. The lowest BCUT2D eigenvalue weighted by molar-refractivity contribution is 0.102. The van der Waals surface area contributed by atoms with E-state index in [1.54, 1.807) is 0 Å². The van der Waals surface area contributed by atoms with Crippen LogP contribution in [-0.2, 0) is 6.42 Å². The topological polar surface area (TPSA) is 55.1 Å². The van der Waals surface area contributed by atoms with Gasteiger partial charge >= 0.3 is 0 Å². The molecule has 0 aliphatic carbocycles. The Morgan fingerprint density at radius 3 is 2.55 bits per heavy atom. The molecule has 1 amide bonds. The van der Waals surface area contributed by atoms with Gasteiger partial charge in [0.2, 0.25) is 0 Å². The molecule has 104 valence electrons. The van der Waals surface area contributed by atoms with Gasteiger partial charge in [0.15, 0.2) is 0 Å². The van der Waals surface area contributed by atoms with Gasteiger partial charge in [0.05, 0.1) is 0 Å². The second-order valence-corrected chi connectivity index (χ2v) is 5.46. The van der Waals surface area contributed by atoms with E-state index in [4.69, 9.17) is 5.73 Å². The van der Waals surface area contributed by atoms with Crippen LogP contribution in [0.25, 0.3) is 0 Å². The van der Waals surface area contributed by atoms with E-state index in [2.05, 4.69) is 21.2 Å². The van der Waals surface area contributed by atoms with Crippen LogP contribution in [0, 0.1) is 6.92 Å². The van der Waals surface area contributed by atoms with E-state index in [1.165, 1.54) is 0 Å². The van der Waals surface area contributed by atoms with Crippen LogP contribution in [0.1, 0.15) is 21.5 Å². The summed E-state index contributed by atoms with van der Waals surface area (Å²) in [5, 5.41) is 2.93. The molecule has 2 aromatic carbocycles. The zero-order valence-electron chi connectivity index (χ0n) is 11.3. The molecule has 0 aromatic heterocycles. The molecule has 0 atom stereocenters. The number of hydrogen-bond donors (Lipinski definition) is 2. The molecule has 0 radical (unpaired) electrons. The fraction of sp³-hybridized carbons (Fsp3) is 0.188. The summed E-state index contributed by atoms with van der Waals surface area (Å²) in [5.41, 5.74) is 9.12. The Hall–Kier alpha value is -1.65. The third-order valence-electron chi connectivity index (χ3n) is 3.17. The van der Waals surface area contributed by atoms with Crippen LogP contribution in [0.3, 0.4) is 0 Å². The van der Waals surface area contributed by atoms with E-state index < -0.39 is 0 Å². The van der Waals surface area contributed by atoms with E-state index >= 15 is 0 Å². The van der Waals surface area contributed by atoms with Crippen LogP contribution in [-0.4, -0.2) is 12.5 Å². The summed E-state index contributed by atoms with van der Waals surface area (Å²) in [6, 6.07) is 13.3. The van der Waals surface area contributed by atoms with E-state index in [9.17, 15) is 4.79 Å². The van der Waals surface area contributed by atoms with Gasteiger partial charge in [0.25, 0.3) is 5.91 Å². The zero-order valence-corrected chi connectivity index (χ0v) is 12.9. The number of halogens is 1. The summed E-state index contributed by atoms with van der Waals surface area (Å²) in [6.45, 7) is 2.58. The highest BCUT2D eigenvalue weighted by molar-refractivity contribution is 9.10. The van der Waals surface area contributed by atoms with Gasteiger partial charge in [-0.25, -0.2) is 0 Å². The first-order valence-electron chi connectivity index (χ1n) is 6.47. The largest absolute Gasteiger partial charge is 0.330 e. The van der Waals surface area contributed by atoms with Crippen molar-refractivity contribution in [3.05, 3.63) is 63.6 Å². The van der Waals surface area contributed by atoms with Crippen molar-refractivity contribution in [3.63, 3.8) is 0 Å².